The monoisotopic (exact) mass is 438 g/mol. The summed E-state index contributed by atoms with van der Waals surface area (Å²) in [5, 5.41) is 9.65. The lowest BCUT2D eigenvalue weighted by atomic mass is 10.2. The van der Waals surface area contributed by atoms with E-state index in [1.54, 1.807) is 0 Å². The standard InChI is InChI=1S/C24H38N4Si2/c1-29(2,3)27(21-23-15-9-7-10-16-23)25-19-13-14-20-26-28(30(4,5)6)22-24-17-11-8-12-18-24/h7-12,15-20H,13-14,21-22H2,1-6H3/b25-19+,26-20+. The van der Waals surface area contributed by atoms with E-state index in [4.69, 9.17) is 10.2 Å². The van der Waals surface area contributed by atoms with Crippen LogP contribution < -0.4 is 0 Å². The van der Waals surface area contributed by atoms with Crippen LogP contribution in [0.3, 0.4) is 0 Å². The maximum Gasteiger partial charge on any atom is 0.169 e. The summed E-state index contributed by atoms with van der Waals surface area (Å²) in [5.41, 5.74) is 2.62. The molecule has 162 valence electrons. The first-order chi connectivity index (χ1) is 14.2. The summed E-state index contributed by atoms with van der Waals surface area (Å²) in [7, 11) is -3.05. The van der Waals surface area contributed by atoms with Gasteiger partial charge in [0, 0.05) is 12.4 Å². The molecular formula is C24H38N4Si2. The van der Waals surface area contributed by atoms with Gasteiger partial charge in [0.25, 0.3) is 0 Å². The van der Waals surface area contributed by atoms with Gasteiger partial charge in [0.05, 0.1) is 13.1 Å². The molecule has 0 heterocycles. The first kappa shape index (κ1) is 24.1. The van der Waals surface area contributed by atoms with Gasteiger partial charge in [-0.15, -0.1) is 0 Å². The molecular weight excluding hydrogens is 400 g/mol. The molecule has 2 aromatic rings. The predicted octanol–water partition coefficient (Wildman–Crippen LogP) is 6.41. The zero-order chi connectivity index (χ0) is 22.0. The summed E-state index contributed by atoms with van der Waals surface area (Å²) < 4.78 is 4.59. The Morgan fingerprint density at radius 2 is 0.933 bits per heavy atom. The van der Waals surface area contributed by atoms with Gasteiger partial charge >= 0.3 is 0 Å². The van der Waals surface area contributed by atoms with Crippen LogP contribution in [-0.2, 0) is 13.1 Å². The van der Waals surface area contributed by atoms with E-state index in [0.717, 1.165) is 25.9 Å². The summed E-state index contributed by atoms with van der Waals surface area (Å²) in [6.45, 7) is 15.8. The molecule has 30 heavy (non-hydrogen) atoms. The Labute approximate surface area is 185 Å². The quantitative estimate of drug-likeness (QED) is 0.176. The summed E-state index contributed by atoms with van der Waals surface area (Å²) in [6, 6.07) is 21.2. The van der Waals surface area contributed by atoms with Gasteiger partial charge in [-0.05, 0) is 24.0 Å². The van der Waals surface area contributed by atoms with Crippen molar-refractivity contribution in [1.82, 2.24) is 9.35 Å². The Bertz CT molecular complexity index is 724. The van der Waals surface area contributed by atoms with Crippen LogP contribution in [0.2, 0.25) is 39.3 Å². The maximum absolute atomic E-state index is 4.83. The van der Waals surface area contributed by atoms with Crippen molar-refractivity contribution in [3.63, 3.8) is 0 Å². The molecule has 0 saturated carbocycles. The van der Waals surface area contributed by atoms with Crippen molar-refractivity contribution in [2.24, 2.45) is 10.2 Å². The number of hydrogen-bond acceptors (Lipinski definition) is 4. The van der Waals surface area contributed by atoms with Crippen molar-refractivity contribution >= 4 is 28.9 Å². The highest BCUT2D eigenvalue weighted by atomic mass is 28.3. The summed E-state index contributed by atoms with van der Waals surface area (Å²) in [6.07, 6.45) is 5.93. The fourth-order valence-corrected chi connectivity index (χ4v) is 5.05. The predicted molar refractivity (Wildman–Crippen MR) is 137 cm³/mol. The van der Waals surface area contributed by atoms with E-state index in [1.807, 2.05) is 0 Å². The molecule has 0 radical (unpaired) electrons. The molecule has 4 nitrogen and oxygen atoms in total. The zero-order valence-corrected chi connectivity index (χ0v) is 21.5. The SMILES string of the molecule is C[Si](C)(C)N(Cc1ccccc1)/N=C/CC/C=N/N(Cc1ccccc1)[Si](C)(C)C. The molecule has 2 aromatic carbocycles. The Kier molecular flexibility index (Phi) is 9.05. The Hall–Kier alpha value is -2.19. The third-order valence-electron chi connectivity index (χ3n) is 4.77. The van der Waals surface area contributed by atoms with Crippen LogP contribution in [0.5, 0.6) is 0 Å². The average molecular weight is 439 g/mol. The molecule has 0 N–H and O–H groups in total. The molecule has 0 amide bonds. The zero-order valence-electron chi connectivity index (χ0n) is 19.5. The Morgan fingerprint density at radius 3 is 1.23 bits per heavy atom. The highest BCUT2D eigenvalue weighted by Gasteiger charge is 2.23. The van der Waals surface area contributed by atoms with E-state index >= 15 is 0 Å². The van der Waals surface area contributed by atoms with Crippen LogP contribution in [0.15, 0.2) is 70.9 Å². The molecule has 0 atom stereocenters. The van der Waals surface area contributed by atoms with Crippen LogP contribution in [0.4, 0.5) is 0 Å². The normalized spacial score (nSPS) is 12.6. The smallest absolute Gasteiger partial charge is 0.169 e. The molecule has 6 heteroatoms. The number of hydrogen-bond donors (Lipinski definition) is 0. The van der Waals surface area contributed by atoms with E-state index in [1.165, 1.54) is 11.1 Å². The number of rotatable bonds is 11. The lowest BCUT2D eigenvalue weighted by Gasteiger charge is -2.31. The van der Waals surface area contributed by atoms with Gasteiger partial charge in [-0.1, -0.05) is 99.9 Å². The van der Waals surface area contributed by atoms with E-state index < -0.39 is 16.5 Å². The molecule has 0 aliphatic carbocycles. The number of nitrogens with zero attached hydrogens (tertiary/aromatic N) is 4. The van der Waals surface area contributed by atoms with Crippen LogP contribution >= 0.6 is 0 Å². The highest BCUT2D eigenvalue weighted by molar-refractivity contribution is 6.73. The molecule has 0 aliphatic heterocycles. The molecule has 0 fully saturated rings. The van der Waals surface area contributed by atoms with Gasteiger partial charge in [0.1, 0.15) is 0 Å². The van der Waals surface area contributed by atoms with Crippen LogP contribution in [0, 0.1) is 0 Å². The molecule has 0 spiro atoms. The average Bonchev–Trinajstić information content (AvgIpc) is 2.68. The summed E-state index contributed by atoms with van der Waals surface area (Å²) >= 11 is 0. The van der Waals surface area contributed by atoms with E-state index in [-0.39, 0.29) is 0 Å². The lowest BCUT2D eigenvalue weighted by molar-refractivity contribution is 0.443. The molecule has 0 aliphatic rings. The fraction of sp³-hybridized carbons (Fsp3) is 0.417. The van der Waals surface area contributed by atoms with Gasteiger partial charge in [-0.3, -0.25) is 0 Å². The van der Waals surface area contributed by atoms with Crippen molar-refractivity contribution in [1.29, 1.82) is 0 Å². The van der Waals surface area contributed by atoms with Gasteiger partial charge in [0.15, 0.2) is 16.5 Å². The maximum atomic E-state index is 4.83. The number of unbranched alkanes of at least 4 members (excludes halogenated alkanes) is 1. The molecule has 0 unspecified atom stereocenters. The first-order valence-electron chi connectivity index (χ1n) is 10.8. The van der Waals surface area contributed by atoms with E-state index in [0.29, 0.717) is 0 Å². The van der Waals surface area contributed by atoms with Gasteiger partial charge in [-0.25, -0.2) is 0 Å². The third-order valence-corrected chi connectivity index (χ3v) is 8.41. The van der Waals surface area contributed by atoms with Crippen molar-refractivity contribution in [3.05, 3.63) is 71.8 Å². The lowest BCUT2D eigenvalue weighted by Crippen LogP contribution is -2.42. The minimum absolute atomic E-state index is 0.877. The minimum Gasteiger partial charge on any atom is -0.321 e. The van der Waals surface area contributed by atoms with Crippen LogP contribution in [0.1, 0.15) is 24.0 Å². The fourth-order valence-electron chi connectivity index (χ4n) is 2.88. The Morgan fingerprint density at radius 1 is 0.600 bits per heavy atom. The second-order valence-electron chi connectivity index (χ2n) is 9.60. The molecule has 2 rings (SSSR count). The number of hydrazone groups is 2. The Balaban J connectivity index is 1.91. The van der Waals surface area contributed by atoms with Crippen LogP contribution in [-0.4, -0.2) is 38.2 Å². The summed E-state index contributed by atoms with van der Waals surface area (Å²) in [4.78, 5) is 0. The van der Waals surface area contributed by atoms with Crippen LogP contribution in [0.25, 0.3) is 0 Å². The van der Waals surface area contributed by atoms with Crippen molar-refractivity contribution < 1.29 is 0 Å². The van der Waals surface area contributed by atoms with Crippen molar-refractivity contribution in [3.8, 4) is 0 Å². The highest BCUT2D eigenvalue weighted by Crippen LogP contribution is 2.16. The summed E-state index contributed by atoms with van der Waals surface area (Å²) in [5.74, 6) is 0. The molecule has 0 saturated heterocycles. The minimum atomic E-state index is -1.52. The van der Waals surface area contributed by atoms with Gasteiger partial charge in [-0.2, -0.15) is 10.2 Å². The second kappa shape index (κ2) is 11.3. The van der Waals surface area contributed by atoms with Gasteiger partial charge < -0.3 is 9.35 Å². The van der Waals surface area contributed by atoms with Gasteiger partial charge in [0.2, 0.25) is 0 Å². The van der Waals surface area contributed by atoms with Crippen molar-refractivity contribution in [2.75, 3.05) is 0 Å². The van der Waals surface area contributed by atoms with E-state index in [9.17, 15) is 0 Å². The second-order valence-corrected chi connectivity index (χ2v) is 19.3. The molecule has 0 aromatic heterocycles. The third kappa shape index (κ3) is 8.67. The molecule has 0 bridgehead atoms. The topological polar surface area (TPSA) is 31.2 Å². The van der Waals surface area contributed by atoms with E-state index in [2.05, 4.69) is 122 Å². The van der Waals surface area contributed by atoms with Crippen molar-refractivity contribution in [2.45, 2.75) is 65.2 Å². The largest absolute Gasteiger partial charge is 0.321 e. The number of benzene rings is 2. The first-order valence-corrected chi connectivity index (χ1v) is 17.7.